The van der Waals surface area contributed by atoms with E-state index in [1.807, 2.05) is 7.05 Å². The van der Waals surface area contributed by atoms with Crippen molar-refractivity contribution < 1.29 is 0 Å². The molecule has 1 aromatic heterocycles. The van der Waals surface area contributed by atoms with Gasteiger partial charge in [-0.25, -0.2) is 0 Å². The second-order valence-electron chi connectivity index (χ2n) is 2.54. The monoisotopic (exact) mass is 138 g/mol. The molecular weight excluding hydrogens is 128 g/mol. The van der Waals surface area contributed by atoms with Gasteiger partial charge >= 0.3 is 0 Å². The smallest absolute Gasteiger partial charge is 0.126 e. The van der Waals surface area contributed by atoms with Gasteiger partial charge in [-0.3, -0.25) is 4.68 Å². The van der Waals surface area contributed by atoms with Crippen LogP contribution in [0.2, 0.25) is 0 Å². The molecule has 1 aromatic rings. The summed E-state index contributed by atoms with van der Waals surface area (Å²) in [5.74, 6) is 0.792. The predicted octanol–water partition coefficient (Wildman–Crippen LogP) is -0.395. The van der Waals surface area contributed by atoms with Gasteiger partial charge in [-0.1, -0.05) is 0 Å². The first-order valence-corrected chi connectivity index (χ1v) is 3.30. The van der Waals surface area contributed by atoms with Gasteiger partial charge in [0.25, 0.3) is 0 Å². The first-order valence-electron chi connectivity index (χ1n) is 3.30. The minimum absolute atomic E-state index is 0.792. The Labute approximate surface area is 59.0 Å². The summed E-state index contributed by atoms with van der Waals surface area (Å²) in [6.07, 6.45) is 0. The van der Waals surface area contributed by atoms with E-state index < -0.39 is 0 Å². The van der Waals surface area contributed by atoms with Crippen LogP contribution in [-0.4, -0.2) is 9.78 Å². The maximum Gasteiger partial charge on any atom is 0.126 e. The predicted molar refractivity (Wildman–Crippen MR) is 38.2 cm³/mol. The summed E-state index contributed by atoms with van der Waals surface area (Å²) in [5.41, 5.74) is 7.98. The molecule has 0 aromatic carbocycles. The summed E-state index contributed by atoms with van der Waals surface area (Å²) in [6.45, 7) is 1.73. The number of aromatic nitrogens is 2. The molecule has 0 fully saturated rings. The van der Waals surface area contributed by atoms with Crippen LogP contribution in [0, 0.1) is 0 Å². The molecule has 2 heterocycles. The van der Waals surface area contributed by atoms with E-state index in [4.69, 9.17) is 5.73 Å². The van der Waals surface area contributed by atoms with Crippen LogP contribution in [0.4, 0.5) is 5.82 Å². The fraction of sp³-hybridized carbons (Fsp3) is 0.500. The van der Waals surface area contributed by atoms with E-state index in [1.165, 1.54) is 5.56 Å². The largest absolute Gasteiger partial charge is 0.384 e. The van der Waals surface area contributed by atoms with E-state index in [0.717, 1.165) is 24.6 Å². The van der Waals surface area contributed by atoms with Gasteiger partial charge in [-0.15, -0.1) is 0 Å². The Morgan fingerprint density at radius 1 is 1.60 bits per heavy atom. The summed E-state index contributed by atoms with van der Waals surface area (Å²) in [6, 6.07) is 0. The van der Waals surface area contributed by atoms with Crippen LogP contribution in [0.25, 0.3) is 0 Å². The number of nitrogens with zero attached hydrogens (tertiary/aromatic N) is 2. The molecule has 2 rings (SSSR count). The number of anilines is 1. The maximum atomic E-state index is 5.71. The quantitative estimate of drug-likeness (QED) is 0.513. The maximum absolute atomic E-state index is 5.71. The standard InChI is InChI=1S/C6H10N4/c1-10-6(7)4-2-8-3-5(4)9-10/h8H,2-3,7H2,1H3. The molecule has 0 saturated carbocycles. The van der Waals surface area contributed by atoms with Crippen LogP contribution in [-0.2, 0) is 20.1 Å². The molecule has 0 spiro atoms. The Balaban J connectivity index is 2.59. The summed E-state index contributed by atoms with van der Waals surface area (Å²) in [4.78, 5) is 0. The number of nitrogens with two attached hydrogens (primary N) is 1. The van der Waals surface area contributed by atoms with E-state index in [1.54, 1.807) is 4.68 Å². The SMILES string of the molecule is Cn1nc2c(c1N)CNC2. The van der Waals surface area contributed by atoms with Gasteiger partial charge in [0.1, 0.15) is 5.82 Å². The van der Waals surface area contributed by atoms with E-state index in [9.17, 15) is 0 Å². The lowest BCUT2D eigenvalue weighted by molar-refractivity contribution is 0.695. The van der Waals surface area contributed by atoms with Gasteiger partial charge in [0.05, 0.1) is 5.69 Å². The van der Waals surface area contributed by atoms with Gasteiger partial charge in [0.2, 0.25) is 0 Å². The number of hydrogen-bond donors (Lipinski definition) is 2. The van der Waals surface area contributed by atoms with E-state index >= 15 is 0 Å². The van der Waals surface area contributed by atoms with Crippen LogP contribution in [0.15, 0.2) is 0 Å². The third kappa shape index (κ3) is 0.565. The van der Waals surface area contributed by atoms with Crippen molar-refractivity contribution >= 4 is 5.82 Å². The molecule has 0 bridgehead atoms. The normalized spacial score (nSPS) is 15.7. The molecule has 0 atom stereocenters. The topological polar surface area (TPSA) is 55.9 Å². The van der Waals surface area contributed by atoms with Crippen molar-refractivity contribution in [1.82, 2.24) is 15.1 Å². The Hall–Kier alpha value is -1.03. The molecule has 0 radical (unpaired) electrons. The zero-order chi connectivity index (χ0) is 7.14. The average Bonchev–Trinajstić information content (AvgIpc) is 2.41. The molecule has 1 aliphatic rings. The number of aryl methyl sites for hydroxylation is 1. The van der Waals surface area contributed by atoms with Crippen molar-refractivity contribution in [3.8, 4) is 0 Å². The first-order chi connectivity index (χ1) is 4.79. The molecule has 4 heteroatoms. The van der Waals surface area contributed by atoms with Crippen molar-refractivity contribution in [2.75, 3.05) is 5.73 Å². The number of hydrogen-bond acceptors (Lipinski definition) is 3. The van der Waals surface area contributed by atoms with Gasteiger partial charge < -0.3 is 11.1 Å². The Kier molecular flexibility index (Phi) is 0.990. The van der Waals surface area contributed by atoms with Crippen molar-refractivity contribution in [3.05, 3.63) is 11.3 Å². The molecule has 0 aliphatic carbocycles. The molecule has 3 N–H and O–H groups in total. The molecule has 0 unspecified atom stereocenters. The highest BCUT2D eigenvalue weighted by atomic mass is 15.3. The average molecular weight is 138 g/mol. The molecule has 0 saturated heterocycles. The van der Waals surface area contributed by atoms with Crippen molar-refractivity contribution in [2.24, 2.45) is 7.05 Å². The molecule has 54 valence electrons. The van der Waals surface area contributed by atoms with Crippen molar-refractivity contribution in [1.29, 1.82) is 0 Å². The first kappa shape index (κ1) is 5.73. The minimum Gasteiger partial charge on any atom is -0.384 e. The minimum atomic E-state index is 0.792. The lowest BCUT2D eigenvalue weighted by Crippen LogP contribution is -2.07. The van der Waals surface area contributed by atoms with Crippen LogP contribution in [0.5, 0.6) is 0 Å². The summed E-state index contributed by atoms with van der Waals surface area (Å²) < 4.78 is 1.73. The van der Waals surface area contributed by atoms with Gasteiger partial charge in [0, 0.05) is 25.7 Å². The summed E-state index contributed by atoms with van der Waals surface area (Å²) >= 11 is 0. The highest BCUT2D eigenvalue weighted by molar-refractivity contribution is 5.44. The van der Waals surface area contributed by atoms with Crippen molar-refractivity contribution in [2.45, 2.75) is 13.1 Å². The van der Waals surface area contributed by atoms with E-state index in [-0.39, 0.29) is 0 Å². The third-order valence-electron chi connectivity index (χ3n) is 1.87. The van der Waals surface area contributed by atoms with Gasteiger partial charge in [-0.2, -0.15) is 5.10 Å². The lowest BCUT2D eigenvalue weighted by Gasteiger charge is -1.95. The highest BCUT2D eigenvalue weighted by Crippen LogP contribution is 2.19. The second-order valence-corrected chi connectivity index (χ2v) is 2.54. The molecular formula is C6H10N4. The van der Waals surface area contributed by atoms with Crippen LogP contribution < -0.4 is 11.1 Å². The number of nitrogens with one attached hydrogen (secondary N) is 1. The Morgan fingerprint density at radius 2 is 2.40 bits per heavy atom. The molecule has 10 heavy (non-hydrogen) atoms. The third-order valence-corrected chi connectivity index (χ3v) is 1.87. The fourth-order valence-corrected chi connectivity index (χ4v) is 1.28. The van der Waals surface area contributed by atoms with Crippen LogP contribution in [0.3, 0.4) is 0 Å². The van der Waals surface area contributed by atoms with E-state index in [0.29, 0.717) is 0 Å². The second kappa shape index (κ2) is 1.73. The molecule has 1 aliphatic heterocycles. The summed E-state index contributed by atoms with van der Waals surface area (Å²) in [7, 11) is 1.87. The highest BCUT2D eigenvalue weighted by Gasteiger charge is 2.17. The van der Waals surface area contributed by atoms with Gasteiger partial charge in [0.15, 0.2) is 0 Å². The number of rotatable bonds is 0. The van der Waals surface area contributed by atoms with Crippen LogP contribution >= 0.6 is 0 Å². The number of fused-ring (bicyclic) bond motifs is 1. The Morgan fingerprint density at radius 3 is 3.10 bits per heavy atom. The number of nitrogen functional groups attached to an aromatic ring is 1. The van der Waals surface area contributed by atoms with E-state index in [2.05, 4.69) is 10.4 Å². The fourth-order valence-electron chi connectivity index (χ4n) is 1.28. The Bertz CT molecular complexity index is 263. The van der Waals surface area contributed by atoms with Crippen LogP contribution in [0.1, 0.15) is 11.3 Å². The van der Waals surface area contributed by atoms with Gasteiger partial charge in [-0.05, 0) is 0 Å². The zero-order valence-electron chi connectivity index (χ0n) is 5.89. The zero-order valence-corrected chi connectivity index (χ0v) is 5.89. The lowest BCUT2D eigenvalue weighted by atomic mass is 10.3. The summed E-state index contributed by atoms with van der Waals surface area (Å²) in [5, 5.41) is 7.40. The molecule has 0 amide bonds. The van der Waals surface area contributed by atoms with Crippen molar-refractivity contribution in [3.63, 3.8) is 0 Å². The molecule has 4 nitrogen and oxygen atoms in total.